The molecule has 116 valence electrons. The maximum Gasteiger partial charge on any atom is 0.306 e. The Morgan fingerprint density at radius 3 is 2.71 bits per heavy atom. The van der Waals surface area contributed by atoms with E-state index in [0.29, 0.717) is 19.4 Å². The number of hydrogen-bond acceptors (Lipinski definition) is 3. The largest absolute Gasteiger partial charge is 0.481 e. The average Bonchev–Trinajstić information content (AvgIpc) is 3.00. The zero-order chi connectivity index (χ0) is 15.5. The molecule has 1 aliphatic carbocycles. The number of carboxylic acid groups (broad SMARTS) is 1. The van der Waals surface area contributed by atoms with Gasteiger partial charge in [-0.3, -0.25) is 9.59 Å². The third-order valence-electron chi connectivity index (χ3n) is 4.29. The molecule has 0 aliphatic heterocycles. The van der Waals surface area contributed by atoms with Gasteiger partial charge in [-0.1, -0.05) is 26.3 Å². The lowest BCUT2D eigenvalue weighted by Gasteiger charge is -2.28. The number of hydrogen-bond donors (Lipinski definition) is 2. The lowest BCUT2D eigenvalue weighted by Crippen LogP contribution is -2.41. The van der Waals surface area contributed by atoms with Crippen molar-refractivity contribution in [1.82, 2.24) is 5.32 Å². The average molecular weight is 309 g/mol. The Labute approximate surface area is 129 Å². The number of carbonyl (C=O) groups is 2. The van der Waals surface area contributed by atoms with Crippen LogP contribution >= 0.6 is 11.3 Å². The summed E-state index contributed by atoms with van der Waals surface area (Å²) in [7, 11) is 0. The third kappa shape index (κ3) is 4.06. The molecule has 21 heavy (non-hydrogen) atoms. The molecule has 0 aromatic carbocycles. The van der Waals surface area contributed by atoms with Crippen LogP contribution in [0.1, 0.15) is 44.4 Å². The molecule has 0 saturated heterocycles. The molecule has 5 heteroatoms. The summed E-state index contributed by atoms with van der Waals surface area (Å²) in [6, 6.07) is 4.10. The molecule has 0 radical (unpaired) electrons. The summed E-state index contributed by atoms with van der Waals surface area (Å²) in [6.07, 6.45) is 2.79. The zero-order valence-electron chi connectivity index (χ0n) is 12.6. The van der Waals surface area contributed by atoms with Crippen LogP contribution in [0.25, 0.3) is 0 Å². The first-order valence-electron chi connectivity index (χ1n) is 7.44. The highest BCUT2D eigenvalue weighted by Crippen LogP contribution is 2.30. The van der Waals surface area contributed by atoms with Crippen LogP contribution in [0.5, 0.6) is 0 Å². The van der Waals surface area contributed by atoms with Crippen LogP contribution in [0.4, 0.5) is 0 Å². The molecule has 1 aromatic rings. The van der Waals surface area contributed by atoms with Crippen molar-refractivity contribution in [3.05, 3.63) is 22.4 Å². The smallest absolute Gasteiger partial charge is 0.306 e. The van der Waals surface area contributed by atoms with Gasteiger partial charge in [0, 0.05) is 22.8 Å². The molecular weight excluding hydrogens is 286 g/mol. The molecule has 4 nitrogen and oxygen atoms in total. The number of rotatable bonds is 5. The molecule has 1 amide bonds. The second-order valence-corrected chi connectivity index (χ2v) is 7.43. The topological polar surface area (TPSA) is 66.4 Å². The molecule has 0 spiro atoms. The highest BCUT2D eigenvalue weighted by molar-refractivity contribution is 7.10. The fourth-order valence-electron chi connectivity index (χ4n) is 2.86. The van der Waals surface area contributed by atoms with Gasteiger partial charge < -0.3 is 10.4 Å². The summed E-state index contributed by atoms with van der Waals surface area (Å²) in [5.41, 5.74) is -0.0926. The number of carboxylic acids is 1. The van der Waals surface area contributed by atoms with Crippen molar-refractivity contribution >= 4 is 23.2 Å². The van der Waals surface area contributed by atoms with Gasteiger partial charge in [0.15, 0.2) is 0 Å². The summed E-state index contributed by atoms with van der Waals surface area (Å²) in [5, 5.41) is 14.1. The molecule has 1 fully saturated rings. The molecule has 1 aliphatic rings. The van der Waals surface area contributed by atoms with E-state index in [2.05, 4.69) is 25.2 Å². The normalized spacial score (nSPS) is 22.8. The van der Waals surface area contributed by atoms with Gasteiger partial charge in [-0.25, -0.2) is 0 Å². The van der Waals surface area contributed by atoms with Crippen LogP contribution in [0, 0.1) is 11.8 Å². The molecule has 1 heterocycles. The van der Waals surface area contributed by atoms with Gasteiger partial charge in [0.2, 0.25) is 5.91 Å². The third-order valence-corrected chi connectivity index (χ3v) is 5.52. The molecule has 2 N–H and O–H groups in total. The number of amides is 1. The zero-order valence-corrected chi connectivity index (χ0v) is 13.4. The Kier molecular flexibility index (Phi) is 5.04. The van der Waals surface area contributed by atoms with Crippen LogP contribution in [0.2, 0.25) is 0 Å². The maximum atomic E-state index is 12.3. The standard InChI is InChI=1S/C16H23NO3S/c1-16(2,13-7-4-8-21-13)10-17-14(18)11-5-3-6-12(9-11)15(19)20/h4,7-8,11-12H,3,5-6,9-10H2,1-2H3,(H,17,18)(H,19,20). The monoisotopic (exact) mass is 309 g/mol. The van der Waals surface area contributed by atoms with Gasteiger partial charge in [-0.15, -0.1) is 11.3 Å². The van der Waals surface area contributed by atoms with Crippen molar-refractivity contribution in [3.63, 3.8) is 0 Å². The molecule has 1 aromatic heterocycles. The Hall–Kier alpha value is -1.36. The first-order valence-corrected chi connectivity index (χ1v) is 8.32. The van der Waals surface area contributed by atoms with Crippen molar-refractivity contribution < 1.29 is 14.7 Å². The van der Waals surface area contributed by atoms with Crippen LogP contribution in [-0.4, -0.2) is 23.5 Å². The van der Waals surface area contributed by atoms with Crippen LogP contribution in [-0.2, 0) is 15.0 Å². The first-order chi connectivity index (χ1) is 9.90. The molecule has 2 rings (SSSR count). The Morgan fingerprint density at radius 1 is 1.38 bits per heavy atom. The van der Waals surface area contributed by atoms with Crippen LogP contribution in [0.15, 0.2) is 17.5 Å². The fraction of sp³-hybridized carbons (Fsp3) is 0.625. The predicted octanol–water partition coefficient (Wildman–Crippen LogP) is 3.03. The highest BCUT2D eigenvalue weighted by atomic mass is 32.1. The second-order valence-electron chi connectivity index (χ2n) is 6.48. The lowest BCUT2D eigenvalue weighted by atomic mass is 9.81. The van der Waals surface area contributed by atoms with Crippen molar-refractivity contribution in [1.29, 1.82) is 0 Å². The van der Waals surface area contributed by atoms with Crippen molar-refractivity contribution in [3.8, 4) is 0 Å². The van der Waals surface area contributed by atoms with Crippen molar-refractivity contribution in [2.24, 2.45) is 11.8 Å². The first kappa shape index (κ1) is 16.0. The number of carbonyl (C=O) groups excluding carboxylic acids is 1. The highest BCUT2D eigenvalue weighted by Gasteiger charge is 2.32. The predicted molar refractivity (Wildman–Crippen MR) is 83.4 cm³/mol. The Balaban J connectivity index is 1.88. The quantitative estimate of drug-likeness (QED) is 0.878. The van der Waals surface area contributed by atoms with E-state index >= 15 is 0 Å². The minimum atomic E-state index is -0.772. The van der Waals surface area contributed by atoms with Gasteiger partial charge in [-0.2, -0.15) is 0 Å². The fourth-order valence-corrected chi connectivity index (χ4v) is 3.71. The summed E-state index contributed by atoms with van der Waals surface area (Å²) < 4.78 is 0. The minimum Gasteiger partial charge on any atom is -0.481 e. The number of nitrogens with one attached hydrogen (secondary N) is 1. The van der Waals surface area contributed by atoms with Crippen molar-refractivity contribution in [2.45, 2.75) is 44.9 Å². The van der Waals surface area contributed by atoms with Gasteiger partial charge in [0.1, 0.15) is 0 Å². The number of thiophene rings is 1. The summed E-state index contributed by atoms with van der Waals surface area (Å²) in [6.45, 7) is 4.81. The maximum absolute atomic E-state index is 12.3. The summed E-state index contributed by atoms with van der Waals surface area (Å²) in [4.78, 5) is 24.6. The SMILES string of the molecule is CC(C)(CNC(=O)C1CCCC(C(=O)O)C1)c1cccs1. The Bertz CT molecular complexity index is 496. The van der Waals surface area contributed by atoms with E-state index in [9.17, 15) is 9.59 Å². The molecule has 2 atom stereocenters. The molecule has 2 unspecified atom stereocenters. The van der Waals surface area contributed by atoms with Crippen LogP contribution in [0.3, 0.4) is 0 Å². The summed E-state index contributed by atoms with van der Waals surface area (Å²) >= 11 is 1.69. The van der Waals surface area contributed by atoms with Gasteiger partial charge in [0.25, 0.3) is 0 Å². The second kappa shape index (κ2) is 6.60. The van der Waals surface area contributed by atoms with Crippen molar-refractivity contribution in [2.75, 3.05) is 6.54 Å². The van der Waals surface area contributed by atoms with Gasteiger partial charge in [0.05, 0.1) is 5.92 Å². The molecule has 1 saturated carbocycles. The van der Waals surface area contributed by atoms with E-state index in [1.807, 2.05) is 11.4 Å². The van der Waals surface area contributed by atoms with E-state index in [4.69, 9.17) is 5.11 Å². The minimum absolute atomic E-state index is 0.00517. The molecular formula is C16H23NO3S. The molecule has 0 bridgehead atoms. The summed E-state index contributed by atoms with van der Waals surface area (Å²) in [5.74, 6) is -1.28. The Morgan fingerprint density at radius 2 is 2.10 bits per heavy atom. The lowest BCUT2D eigenvalue weighted by molar-refractivity contribution is -0.144. The van der Waals surface area contributed by atoms with E-state index in [1.165, 1.54) is 4.88 Å². The van der Waals surface area contributed by atoms with Gasteiger partial charge in [-0.05, 0) is 30.7 Å². The number of aliphatic carboxylic acids is 1. The van der Waals surface area contributed by atoms with E-state index in [0.717, 1.165) is 12.8 Å². The van der Waals surface area contributed by atoms with Gasteiger partial charge >= 0.3 is 5.97 Å². The van der Waals surface area contributed by atoms with E-state index in [1.54, 1.807) is 11.3 Å². The van der Waals surface area contributed by atoms with Crippen LogP contribution < -0.4 is 5.32 Å². The van der Waals surface area contributed by atoms with E-state index in [-0.39, 0.29) is 23.2 Å². The van der Waals surface area contributed by atoms with E-state index < -0.39 is 5.97 Å².